The maximum Gasteiger partial charge on any atom is 0.224 e. The molecule has 0 saturated heterocycles. The molecular formula is C19H27N5O. The Morgan fingerprint density at radius 2 is 1.72 bits per heavy atom. The van der Waals surface area contributed by atoms with Crippen molar-refractivity contribution in [2.75, 3.05) is 23.7 Å². The van der Waals surface area contributed by atoms with Crippen molar-refractivity contribution in [3.05, 3.63) is 30.6 Å². The van der Waals surface area contributed by atoms with E-state index in [0.717, 1.165) is 75.1 Å². The molecule has 2 bridgehead atoms. The van der Waals surface area contributed by atoms with E-state index in [1.54, 1.807) is 6.20 Å². The summed E-state index contributed by atoms with van der Waals surface area (Å²) in [4.78, 5) is 13.5. The number of aliphatic hydroxyl groups excluding tert-OH is 1. The van der Waals surface area contributed by atoms with Crippen LogP contribution < -0.4 is 10.6 Å². The number of hydrogen-bond acceptors (Lipinski definition) is 6. The first-order valence-electron chi connectivity index (χ1n) is 9.27. The molecule has 1 unspecified atom stereocenters. The monoisotopic (exact) mass is 341 g/mol. The van der Waals surface area contributed by atoms with Gasteiger partial charge in [0.05, 0.1) is 17.4 Å². The van der Waals surface area contributed by atoms with Crippen molar-refractivity contribution in [1.82, 2.24) is 15.0 Å². The second-order valence-corrected chi connectivity index (χ2v) is 6.52. The molecule has 1 aliphatic heterocycles. The fraction of sp³-hybridized carbons (Fsp3) is 0.526. The van der Waals surface area contributed by atoms with Crippen molar-refractivity contribution in [3.8, 4) is 11.3 Å². The highest BCUT2D eigenvalue weighted by atomic mass is 16.3. The average molecular weight is 341 g/mol. The summed E-state index contributed by atoms with van der Waals surface area (Å²) < 4.78 is 0. The predicted molar refractivity (Wildman–Crippen MR) is 101 cm³/mol. The van der Waals surface area contributed by atoms with Gasteiger partial charge >= 0.3 is 0 Å². The molecule has 0 saturated carbocycles. The Bertz CT molecular complexity index is 650. The van der Waals surface area contributed by atoms with E-state index in [0.29, 0.717) is 5.95 Å². The number of aromatic nitrogens is 3. The van der Waals surface area contributed by atoms with Crippen LogP contribution in [0.5, 0.6) is 0 Å². The van der Waals surface area contributed by atoms with Gasteiger partial charge in [-0.05, 0) is 44.2 Å². The molecule has 0 radical (unpaired) electrons. The van der Waals surface area contributed by atoms with Crippen molar-refractivity contribution in [3.63, 3.8) is 0 Å². The van der Waals surface area contributed by atoms with Gasteiger partial charge in [-0.2, -0.15) is 4.98 Å². The lowest BCUT2D eigenvalue weighted by Gasteiger charge is -2.13. The number of nitrogens with one attached hydrogen (secondary N) is 2. The fourth-order valence-electron chi connectivity index (χ4n) is 3.05. The first-order chi connectivity index (χ1) is 12.3. The second-order valence-electron chi connectivity index (χ2n) is 6.52. The fourth-order valence-corrected chi connectivity index (χ4v) is 3.05. The molecule has 6 nitrogen and oxygen atoms in total. The topological polar surface area (TPSA) is 83.0 Å². The molecule has 0 spiro atoms. The lowest BCUT2D eigenvalue weighted by atomic mass is 10.1. The smallest absolute Gasteiger partial charge is 0.224 e. The van der Waals surface area contributed by atoms with Crippen LogP contribution in [-0.4, -0.2) is 39.3 Å². The zero-order chi connectivity index (χ0) is 17.3. The lowest BCUT2D eigenvalue weighted by Crippen LogP contribution is -2.10. The van der Waals surface area contributed by atoms with E-state index >= 15 is 0 Å². The third-order valence-corrected chi connectivity index (χ3v) is 4.48. The van der Waals surface area contributed by atoms with Crippen LogP contribution in [0.3, 0.4) is 0 Å². The summed E-state index contributed by atoms with van der Waals surface area (Å²) in [5.41, 5.74) is 1.78. The molecule has 3 rings (SSSR count). The summed E-state index contributed by atoms with van der Waals surface area (Å²) in [6.45, 7) is 1.67. The van der Waals surface area contributed by atoms with Crippen LogP contribution >= 0.6 is 0 Å². The van der Waals surface area contributed by atoms with Gasteiger partial charge in [0.2, 0.25) is 5.95 Å². The van der Waals surface area contributed by atoms with Gasteiger partial charge in [0.15, 0.2) is 0 Å². The van der Waals surface area contributed by atoms with Crippen LogP contribution in [0.2, 0.25) is 0 Å². The van der Waals surface area contributed by atoms with Crippen LogP contribution in [-0.2, 0) is 0 Å². The molecule has 1 aliphatic rings. The number of aliphatic hydroxyl groups is 1. The second kappa shape index (κ2) is 9.32. The van der Waals surface area contributed by atoms with Crippen molar-refractivity contribution in [1.29, 1.82) is 0 Å². The van der Waals surface area contributed by atoms with Crippen molar-refractivity contribution < 1.29 is 5.11 Å². The zero-order valence-electron chi connectivity index (χ0n) is 14.6. The molecule has 25 heavy (non-hydrogen) atoms. The standard InChI is InChI=1S/C19H27N5O/c25-15-8-2-1-5-13-22-19-23-14-16(17-10-4-7-11-20-17)18(24-19)21-12-6-3-9-15/h4,7,10-11,14-15,25H,1-3,5-6,8-9,12-13H2,(H2,21,22,23,24). The third-order valence-electron chi connectivity index (χ3n) is 4.48. The summed E-state index contributed by atoms with van der Waals surface area (Å²) in [6.07, 6.45) is 10.5. The minimum Gasteiger partial charge on any atom is -0.393 e. The molecule has 134 valence electrons. The van der Waals surface area contributed by atoms with Crippen LogP contribution in [0.4, 0.5) is 11.8 Å². The number of rotatable bonds is 1. The quantitative estimate of drug-likeness (QED) is 0.737. The van der Waals surface area contributed by atoms with Crippen LogP contribution in [0.15, 0.2) is 30.6 Å². The number of hydrogen-bond donors (Lipinski definition) is 3. The van der Waals surface area contributed by atoms with E-state index in [9.17, 15) is 5.11 Å². The van der Waals surface area contributed by atoms with E-state index < -0.39 is 0 Å². The average Bonchev–Trinajstić information content (AvgIpc) is 2.65. The van der Waals surface area contributed by atoms with Gasteiger partial charge in [0.1, 0.15) is 5.82 Å². The van der Waals surface area contributed by atoms with Crippen LogP contribution in [0.25, 0.3) is 11.3 Å². The molecule has 2 aromatic rings. The first-order valence-corrected chi connectivity index (χ1v) is 9.27. The number of fused-ring (bicyclic) bond motifs is 2. The van der Waals surface area contributed by atoms with E-state index in [4.69, 9.17) is 0 Å². The molecule has 3 heterocycles. The summed E-state index contributed by atoms with van der Waals surface area (Å²) in [6, 6.07) is 5.84. The molecule has 3 N–H and O–H groups in total. The molecule has 1 atom stereocenters. The Balaban J connectivity index is 1.76. The number of nitrogens with zero attached hydrogens (tertiary/aromatic N) is 3. The maximum absolute atomic E-state index is 10.0. The van der Waals surface area contributed by atoms with E-state index in [-0.39, 0.29) is 6.10 Å². The van der Waals surface area contributed by atoms with Gasteiger partial charge in [-0.25, -0.2) is 4.98 Å². The predicted octanol–water partition coefficient (Wildman–Crippen LogP) is 3.47. The number of pyridine rings is 1. The minimum absolute atomic E-state index is 0.164. The molecular weight excluding hydrogens is 314 g/mol. The normalized spacial score (nSPS) is 19.8. The molecule has 2 aromatic heterocycles. The van der Waals surface area contributed by atoms with Gasteiger partial charge < -0.3 is 15.7 Å². The highest BCUT2D eigenvalue weighted by Crippen LogP contribution is 2.25. The van der Waals surface area contributed by atoms with E-state index in [1.165, 1.54) is 0 Å². The lowest BCUT2D eigenvalue weighted by molar-refractivity contribution is 0.148. The molecule has 0 aromatic carbocycles. The largest absolute Gasteiger partial charge is 0.393 e. The Labute approximate surface area is 149 Å². The summed E-state index contributed by atoms with van der Waals surface area (Å²) in [5, 5.41) is 16.7. The molecule has 6 heteroatoms. The van der Waals surface area contributed by atoms with E-state index in [2.05, 4.69) is 25.6 Å². The number of anilines is 2. The zero-order valence-corrected chi connectivity index (χ0v) is 14.6. The van der Waals surface area contributed by atoms with E-state index in [1.807, 2.05) is 24.4 Å². The Morgan fingerprint density at radius 3 is 2.56 bits per heavy atom. The Hall–Kier alpha value is -2.21. The highest BCUT2D eigenvalue weighted by Gasteiger charge is 2.11. The molecule has 0 aliphatic carbocycles. The van der Waals surface area contributed by atoms with Crippen molar-refractivity contribution in [2.24, 2.45) is 0 Å². The third kappa shape index (κ3) is 5.39. The maximum atomic E-state index is 10.0. The van der Waals surface area contributed by atoms with Crippen molar-refractivity contribution >= 4 is 11.8 Å². The first kappa shape index (κ1) is 17.6. The van der Waals surface area contributed by atoms with Crippen LogP contribution in [0.1, 0.15) is 44.9 Å². The highest BCUT2D eigenvalue weighted by molar-refractivity contribution is 5.72. The molecule has 0 amide bonds. The van der Waals surface area contributed by atoms with Gasteiger partial charge in [0.25, 0.3) is 0 Å². The SMILES string of the molecule is OC1CCCCCNc2ncc(-c3ccccn3)c(n2)NCCCC1. The minimum atomic E-state index is -0.164. The van der Waals surface area contributed by atoms with Crippen LogP contribution in [0, 0.1) is 0 Å². The van der Waals surface area contributed by atoms with Gasteiger partial charge in [-0.1, -0.05) is 18.9 Å². The van der Waals surface area contributed by atoms with Gasteiger partial charge in [-0.3, -0.25) is 4.98 Å². The summed E-state index contributed by atoms with van der Waals surface area (Å²) in [7, 11) is 0. The van der Waals surface area contributed by atoms with Gasteiger partial charge in [0, 0.05) is 25.5 Å². The molecule has 0 fully saturated rings. The Morgan fingerprint density at radius 1 is 0.920 bits per heavy atom. The summed E-state index contributed by atoms with van der Waals surface area (Å²) in [5.74, 6) is 1.46. The van der Waals surface area contributed by atoms with Gasteiger partial charge in [-0.15, -0.1) is 0 Å². The Kier molecular flexibility index (Phi) is 6.56. The van der Waals surface area contributed by atoms with Crippen molar-refractivity contribution in [2.45, 2.75) is 51.0 Å². The summed E-state index contributed by atoms with van der Waals surface area (Å²) >= 11 is 0.